The molecule has 0 radical (unpaired) electrons. The van der Waals surface area contributed by atoms with Crippen molar-refractivity contribution in [3.8, 4) is 5.75 Å². The van der Waals surface area contributed by atoms with Crippen LogP contribution in [0.5, 0.6) is 5.75 Å². The summed E-state index contributed by atoms with van der Waals surface area (Å²) in [5, 5.41) is 0. The van der Waals surface area contributed by atoms with Crippen LogP contribution in [0.3, 0.4) is 0 Å². The molecule has 1 atom stereocenters. The minimum atomic E-state index is -0.246. The van der Waals surface area contributed by atoms with Crippen molar-refractivity contribution in [3.63, 3.8) is 0 Å². The molecule has 1 aromatic rings. The zero-order chi connectivity index (χ0) is 15.6. The van der Waals surface area contributed by atoms with Gasteiger partial charge in [-0.1, -0.05) is 20.8 Å². The average molecular weight is 293 g/mol. The Kier molecular flexibility index (Phi) is 4.92. The number of nitrogens with two attached hydrogens (primary N) is 1. The highest BCUT2D eigenvalue weighted by Gasteiger charge is 2.33. The Morgan fingerprint density at radius 3 is 2.33 bits per heavy atom. The number of hydrogen-bond acceptors (Lipinski definition) is 2. The van der Waals surface area contributed by atoms with Crippen LogP contribution in [0, 0.1) is 23.1 Å². The van der Waals surface area contributed by atoms with Crippen LogP contribution in [0.2, 0.25) is 0 Å². The Morgan fingerprint density at radius 2 is 1.81 bits per heavy atom. The van der Waals surface area contributed by atoms with Crippen LogP contribution in [-0.2, 0) is 0 Å². The van der Waals surface area contributed by atoms with E-state index in [0.29, 0.717) is 17.1 Å². The Balaban J connectivity index is 2.08. The lowest BCUT2D eigenvalue weighted by Gasteiger charge is -2.39. The van der Waals surface area contributed by atoms with Gasteiger partial charge in [-0.25, -0.2) is 4.39 Å². The second kappa shape index (κ2) is 6.35. The van der Waals surface area contributed by atoms with E-state index in [1.165, 1.54) is 25.0 Å². The summed E-state index contributed by atoms with van der Waals surface area (Å²) in [5.74, 6) is 1.63. The normalized spacial score (nSPS) is 24.7. The SMILES string of the molecule is COc1ccc(F)cc1C(N)C1CCC(C(C)(C)C)CC1. The second-order valence-electron chi connectivity index (χ2n) is 7.39. The number of methoxy groups -OCH3 is 1. The minimum absolute atomic E-state index is 0.142. The molecular formula is C18H28FNO. The van der Waals surface area contributed by atoms with Crippen LogP contribution in [0.25, 0.3) is 0 Å². The lowest BCUT2D eigenvalue weighted by Crippen LogP contribution is -2.31. The summed E-state index contributed by atoms with van der Waals surface area (Å²) < 4.78 is 18.9. The molecule has 1 aliphatic carbocycles. The molecule has 0 saturated heterocycles. The van der Waals surface area contributed by atoms with Crippen molar-refractivity contribution in [1.82, 2.24) is 0 Å². The van der Waals surface area contributed by atoms with Gasteiger partial charge >= 0.3 is 0 Å². The van der Waals surface area contributed by atoms with E-state index in [-0.39, 0.29) is 11.9 Å². The van der Waals surface area contributed by atoms with Crippen LogP contribution >= 0.6 is 0 Å². The average Bonchev–Trinajstić information content (AvgIpc) is 2.45. The number of hydrogen-bond donors (Lipinski definition) is 1. The number of rotatable bonds is 3. The maximum absolute atomic E-state index is 13.5. The summed E-state index contributed by atoms with van der Waals surface area (Å²) in [6, 6.07) is 4.48. The van der Waals surface area contributed by atoms with Gasteiger partial charge in [0, 0.05) is 11.6 Å². The molecular weight excluding hydrogens is 265 g/mol. The maximum Gasteiger partial charge on any atom is 0.123 e. The summed E-state index contributed by atoms with van der Waals surface area (Å²) >= 11 is 0. The van der Waals surface area contributed by atoms with Gasteiger partial charge < -0.3 is 10.5 Å². The summed E-state index contributed by atoms with van der Waals surface area (Å²) in [6.07, 6.45) is 4.64. The Bertz CT molecular complexity index is 473. The minimum Gasteiger partial charge on any atom is -0.496 e. The first-order valence-electron chi connectivity index (χ1n) is 7.92. The fraction of sp³-hybridized carbons (Fsp3) is 0.667. The fourth-order valence-electron chi connectivity index (χ4n) is 3.56. The molecule has 0 aromatic heterocycles. The van der Waals surface area contributed by atoms with Gasteiger partial charge in [-0.2, -0.15) is 0 Å². The lowest BCUT2D eigenvalue weighted by molar-refractivity contribution is 0.139. The van der Waals surface area contributed by atoms with E-state index >= 15 is 0 Å². The van der Waals surface area contributed by atoms with E-state index < -0.39 is 0 Å². The van der Waals surface area contributed by atoms with Crippen LogP contribution in [0.1, 0.15) is 58.1 Å². The molecule has 21 heavy (non-hydrogen) atoms. The number of halogens is 1. The third kappa shape index (κ3) is 3.76. The van der Waals surface area contributed by atoms with Gasteiger partial charge in [-0.15, -0.1) is 0 Å². The molecule has 1 aromatic carbocycles. The molecule has 2 nitrogen and oxygen atoms in total. The molecule has 1 fully saturated rings. The lowest BCUT2D eigenvalue weighted by atomic mass is 9.68. The van der Waals surface area contributed by atoms with Gasteiger partial charge in [0.25, 0.3) is 0 Å². The van der Waals surface area contributed by atoms with Gasteiger partial charge in [0.1, 0.15) is 11.6 Å². The maximum atomic E-state index is 13.5. The van der Waals surface area contributed by atoms with Crippen molar-refractivity contribution in [2.75, 3.05) is 7.11 Å². The van der Waals surface area contributed by atoms with E-state index in [9.17, 15) is 4.39 Å². The summed E-state index contributed by atoms with van der Waals surface area (Å²) in [6.45, 7) is 6.94. The predicted octanol–water partition coefficient (Wildman–Crippen LogP) is 4.69. The summed E-state index contributed by atoms with van der Waals surface area (Å²) in [7, 11) is 1.61. The third-order valence-electron chi connectivity index (χ3n) is 5.06. The van der Waals surface area contributed by atoms with Crippen molar-refractivity contribution < 1.29 is 9.13 Å². The van der Waals surface area contributed by atoms with Gasteiger partial charge in [0.2, 0.25) is 0 Å². The van der Waals surface area contributed by atoms with Crippen LogP contribution in [-0.4, -0.2) is 7.11 Å². The molecule has 3 heteroatoms. The fourth-order valence-corrected chi connectivity index (χ4v) is 3.56. The summed E-state index contributed by atoms with van der Waals surface area (Å²) in [5.41, 5.74) is 7.59. The van der Waals surface area contributed by atoms with E-state index in [0.717, 1.165) is 24.3 Å². The largest absolute Gasteiger partial charge is 0.496 e. The quantitative estimate of drug-likeness (QED) is 0.877. The molecule has 1 unspecified atom stereocenters. The molecule has 118 valence electrons. The van der Waals surface area contributed by atoms with Gasteiger partial charge in [0.05, 0.1) is 7.11 Å². The molecule has 0 spiro atoms. The predicted molar refractivity (Wildman–Crippen MR) is 84.8 cm³/mol. The molecule has 0 bridgehead atoms. The molecule has 2 rings (SSSR count). The highest BCUT2D eigenvalue weighted by atomic mass is 19.1. The van der Waals surface area contributed by atoms with Crippen molar-refractivity contribution in [2.45, 2.75) is 52.5 Å². The molecule has 1 saturated carbocycles. The van der Waals surface area contributed by atoms with Crippen molar-refractivity contribution in [2.24, 2.45) is 23.0 Å². The number of benzene rings is 1. The first-order chi connectivity index (χ1) is 9.82. The van der Waals surface area contributed by atoms with Gasteiger partial charge in [0.15, 0.2) is 0 Å². The van der Waals surface area contributed by atoms with E-state index in [4.69, 9.17) is 10.5 Å². The van der Waals surface area contributed by atoms with Crippen molar-refractivity contribution in [3.05, 3.63) is 29.6 Å². The first kappa shape index (κ1) is 16.3. The molecule has 0 aliphatic heterocycles. The summed E-state index contributed by atoms with van der Waals surface area (Å²) in [4.78, 5) is 0. The smallest absolute Gasteiger partial charge is 0.123 e. The van der Waals surface area contributed by atoms with Crippen molar-refractivity contribution in [1.29, 1.82) is 0 Å². The molecule has 2 N–H and O–H groups in total. The Hall–Kier alpha value is -1.09. The van der Waals surface area contributed by atoms with Crippen LogP contribution < -0.4 is 10.5 Å². The van der Waals surface area contributed by atoms with E-state index in [1.54, 1.807) is 13.2 Å². The molecule has 1 aliphatic rings. The van der Waals surface area contributed by atoms with Crippen LogP contribution in [0.15, 0.2) is 18.2 Å². The molecule has 0 heterocycles. The van der Waals surface area contributed by atoms with Gasteiger partial charge in [-0.05, 0) is 61.1 Å². The zero-order valence-corrected chi connectivity index (χ0v) is 13.7. The van der Waals surface area contributed by atoms with E-state index in [1.807, 2.05) is 0 Å². The first-order valence-corrected chi connectivity index (χ1v) is 7.92. The molecule has 0 amide bonds. The van der Waals surface area contributed by atoms with Crippen LogP contribution in [0.4, 0.5) is 4.39 Å². The Morgan fingerprint density at radius 1 is 1.19 bits per heavy atom. The third-order valence-corrected chi connectivity index (χ3v) is 5.06. The topological polar surface area (TPSA) is 35.2 Å². The van der Waals surface area contributed by atoms with Crippen molar-refractivity contribution >= 4 is 0 Å². The van der Waals surface area contributed by atoms with Gasteiger partial charge in [-0.3, -0.25) is 0 Å². The second-order valence-corrected chi connectivity index (χ2v) is 7.39. The standard InChI is InChI=1S/C18H28FNO/c1-18(2,3)13-7-5-12(6-8-13)17(20)15-11-14(19)9-10-16(15)21-4/h9-13,17H,5-8,20H2,1-4H3. The number of ether oxygens (including phenoxy) is 1. The Labute approximate surface area is 127 Å². The zero-order valence-electron chi connectivity index (χ0n) is 13.7. The monoisotopic (exact) mass is 293 g/mol. The highest BCUT2D eigenvalue weighted by Crippen LogP contribution is 2.43. The highest BCUT2D eigenvalue weighted by molar-refractivity contribution is 5.36. The van der Waals surface area contributed by atoms with E-state index in [2.05, 4.69) is 20.8 Å².